The molecule has 0 radical (unpaired) electrons. The van der Waals surface area contributed by atoms with Gasteiger partial charge in [-0.1, -0.05) is 38.4 Å². The van der Waals surface area contributed by atoms with Crippen molar-refractivity contribution in [3.63, 3.8) is 0 Å². The van der Waals surface area contributed by atoms with Gasteiger partial charge in [0, 0.05) is 0 Å². The van der Waals surface area contributed by atoms with Gasteiger partial charge in [-0.15, -0.1) is 13.2 Å². The zero-order valence-corrected chi connectivity index (χ0v) is 10.1. The molecule has 0 aliphatic carbocycles. The van der Waals surface area contributed by atoms with Crippen molar-refractivity contribution in [3.8, 4) is 5.75 Å². The van der Waals surface area contributed by atoms with Crippen molar-refractivity contribution < 1.29 is 17.9 Å². The molecule has 0 saturated carbocycles. The second kappa shape index (κ2) is 6.63. The molecule has 92 valence electrons. The van der Waals surface area contributed by atoms with Gasteiger partial charge in [0.05, 0.1) is 5.02 Å². The van der Waals surface area contributed by atoms with Crippen LogP contribution in [-0.2, 0) is 6.42 Å². The van der Waals surface area contributed by atoms with Gasteiger partial charge >= 0.3 is 6.36 Å². The zero-order valence-electron chi connectivity index (χ0n) is 9.36. The highest BCUT2D eigenvalue weighted by molar-refractivity contribution is 6.32. The van der Waals surface area contributed by atoms with Crippen molar-refractivity contribution >= 4 is 11.6 Å². The number of aryl methyl sites for hydroxylation is 1. The van der Waals surface area contributed by atoms with Crippen molar-refractivity contribution in [2.24, 2.45) is 0 Å². The molecular weight excluding hydrogens is 241 g/mol. The zero-order chi connectivity index (χ0) is 12.8. The maximum Gasteiger partial charge on any atom is 0.573 e. The summed E-state index contributed by atoms with van der Waals surface area (Å²) in [6.07, 6.45) is -4.07. The predicted molar refractivity (Wildman–Crippen MR) is 58.9 cm³/mol. The second-order valence-electron chi connectivity index (χ2n) is 2.67. The van der Waals surface area contributed by atoms with Crippen molar-refractivity contribution in [3.05, 3.63) is 28.8 Å². The Morgan fingerprint density at radius 1 is 1.25 bits per heavy atom. The van der Waals surface area contributed by atoms with E-state index in [1.165, 1.54) is 12.1 Å². The molecule has 1 rings (SSSR count). The fraction of sp³-hybridized carbons (Fsp3) is 0.455. The van der Waals surface area contributed by atoms with E-state index in [1.807, 2.05) is 20.8 Å². The molecule has 1 nitrogen and oxygen atoms in total. The maximum atomic E-state index is 11.9. The molecule has 0 N–H and O–H groups in total. The van der Waals surface area contributed by atoms with Crippen LogP contribution in [0.15, 0.2) is 18.2 Å². The van der Waals surface area contributed by atoms with Crippen molar-refractivity contribution in [2.45, 2.75) is 33.6 Å². The first-order chi connectivity index (χ1) is 7.42. The lowest BCUT2D eigenvalue weighted by Gasteiger charge is -2.11. The number of hydrogen-bond acceptors (Lipinski definition) is 1. The first-order valence-electron chi connectivity index (χ1n) is 4.96. The molecule has 0 spiro atoms. The Morgan fingerprint density at radius 3 is 2.25 bits per heavy atom. The average Bonchev–Trinajstić information content (AvgIpc) is 2.22. The summed E-state index contributed by atoms with van der Waals surface area (Å²) in [6.45, 7) is 5.83. The highest BCUT2D eigenvalue weighted by Crippen LogP contribution is 2.30. The minimum Gasteiger partial charge on any atom is -0.404 e. The topological polar surface area (TPSA) is 9.23 Å². The first kappa shape index (κ1) is 15.1. The molecule has 0 aliphatic rings. The van der Waals surface area contributed by atoms with Crippen LogP contribution in [0.5, 0.6) is 5.75 Å². The van der Waals surface area contributed by atoms with Gasteiger partial charge in [-0.25, -0.2) is 0 Å². The number of alkyl halides is 3. The summed E-state index contributed by atoms with van der Waals surface area (Å²) in [4.78, 5) is 0. The lowest BCUT2D eigenvalue weighted by Crippen LogP contribution is -2.17. The minimum absolute atomic E-state index is 0.0421. The maximum absolute atomic E-state index is 11.9. The summed E-state index contributed by atoms with van der Waals surface area (Å²) in [5.41, 5.74) is 0.744. The van der Waals surface area contributed by atoms with E-state index in [4.69, 9.17) is 11.6 Å². The van der Waals surface area contributed by atoms with Crippen LogP contribution in [0, 0.1) is 0 Å². The number of halogens is 4. The van der Waals surface area contributed by atoms with E-state index in [-0.39, 0.29) is 10.8 Å². The SMILES string of the molecule is CC.CCc1ccc(Cl)c(OC(F)(F)F)c1. The summed E-state index contributed by atoms with van der Waals surface area (Å²) < 4.78 is 39.4. The Hall–Kier alpha value is -0.900. The average molecular weight is 255 g/mol. The van der Waals surface area contributed by atoms with Crippen LogP contribution in [-0.4, -0.2) is 6.36 Å². The molecule has 0 amide bonds. The summed E-state index contributed by atoms with van der Waals surface area (Å²) >= 11 is 5.53. The summed E-state index contributed by atoms with van der Waals surface area (Å²) in [5, 5.41) is -0.0421. The molecule has 5 heteroatoms. The van der Waals surface area contributed by atoms with Crippen LogP contribution in [0.2, 0.25) is 5.02 Å². The first-order valence-corrected chi connectivity index (χ1v) is 5.34. The van der Waals surface area contributed by atoms with E-state index in [0.717, 1.165) is 5.56 Å². The minimum atomic E-state index is -4.70. The number of hydrogen-bond donors (Lipinski definition) is 0. The lowest BCUT2D eigenvalue weighted by atomic mass is 10.2. The highest BCUT2D eigenvalue weighted by atomic mass is 35.5. The standard InChI is InChI=1S/C9H8ClF3O.C2H6/c1-2-6-3-4-7(10)8(5-6)14-9(11,12)13;1-2/h3-5H,2H2,1H3;1-2H3. The fourth-order valence-electron chi connectivity index (χ4n) is 0.971. The van der Waals surface area contributed by atoms with E-state index in [1.54, 1.807) is 6.07 Å². The molecule has 16 heavy (non-hydrogen) atoms. The fourth-order valence-corrected chi connectivity index (χ4v) is 1.13. The Morgan fingerprint density at radius 2 is 1.81 bits per heavy atom. The van der Waals surface area contributed by atoms with Crippen LogP contribution in [0.25, 0.3) is 0 Å². The third-order valence-electron chi connectivity index (χ3n) is 1.63. The number of benzene rings is 1. The van der Waals surface area contributed by atoms with Crippen LogP contribution in [0.3, 0.4) is 0 Å². The Balaban J connectivity index is 0.00000106. The van der Waals surface area contributed by atoms with E-state index in [9.17, 15) is 13.2 Å². The quantitative estimate of drug-likeness (QED) is 0.735. The lowest BCUT2D eigenvalue weighted by molar-refractivity contribution is -0.274. The number of ether oxygens (including phenoxy) is 1. The van der Waals surface area contributed by atoms with Crippen LogP contribution >= 0.6 is 11.6 Å². The Labute approximate surface area is 98.2 Å². The highest BCUT2D eigenvalue weighted by Gasteiger charge is 2.32. The smallest absolute Gasteiger partial charge is 0.404 e. The molecule has 0 saturated heterocycles. The molecule has 0 bridgehead atoms. The van der Waals surface area contributed by atoms with Gasteiger partial charge in [0.25, 0.3) is 0 Å². The van der Waals surface area contributed by atoms with E-state index in [0.29, 0.717) is 6.42 Å². The molecule has 0 unspecified atom stereocenters. The summed E-state index contributed by atoms with van der Waals surface area (Å²) in [5.74, 6) is -0.349. The summed E-state index contributed by atoms with van der Waals surface area (Å²) in [7, 11) is 0. The Kier molecular flexibility index (Phi) is 6.26. The van der Waals surface area contributed by atoms with Crippen molar-refractivity contribution in [2.75, 3.05) is 0 Å². The van der Waals surface area contributed by atoms with E-state index >= 15 is 0 Å². The monoisotopic (exact) mass is 254 g/mol. The van der Waals surface area contributed by atoms with Crippen LogP contribution in [0.4, 0.5) is 13.2 Å². The van der Waals surface area contributed by atoms with Crippen LogP contribution in [0.1, 0.15) is 26.3 Å². The second-order valence-corrected chi connectivity index (χ2v) is 3.07. The molecule has 1 aromatic rings. The molecule has 0 atom stereocenters. The van der Waals surface area contributed by atoms with Crippen molar-refractivity contribution in [1.82, 2.24) is 0 Å². The Bertz CT molecular complexity index is 323. The van der Waals surface area contributed by atoms with Gasteiger partial charge in [-0.2, -0.15) is 0 Å². The molecule has 0 aliphatic heterocycles. The van der Waals surface area contributed by atoms with Gasteiger partial charge < -0.3 is 4.74 Å². The van der Waals surface area contributed by atoms with Gasteiger partial charge in [0.2, 0.25) is 0 Å². The molecule has 1 aromatic carbocycles. The largest absolute Gasteiger partial charge is 0.573 e. The summed E-state index contributed by atoms with van der Waals surface area (Å²) in [6, 6.07) is 4.34. The predicted octanol–water partition coefficient (Wildman–Crippen LogP) is 4.83. The van der Waals surface area contributed by atoms with E-state index in [2.05, 4.69) is 4.74 Å². The molecule has 0 aromatic heterocycles. The van der Waals surface area contributed by atoms with Gasteiger partial charge in [-0.3, -0.25) is 0 Å². The normalized spacial score (nSPS) is 10.4. The third-order valence-corrected chi connectivity index (χ3v) is 1.94. The van der Waals surface area contributed by atoms with E-state index < -0.39 is 6.36 Å². The molecule has 0 heterocycles. The van der Waals surface area contributed by atoms with Gasteiger partial charge in [0.15, 0.2) is 0 Å². The van der Waals surface area contributed by atoms with Crippen molar-refractivity contribution in [1.29, 1.82) is 0 Å². The molecular formula is C11H14ClF3O. The number of rotatable bonds is 2. The van der Waals surface area contributed by atoms with Crippen LogP contribution < -0.4 is 4.74 Å². The molecule has 0 fully saturated rings. The third kappa shape index (κ3) is 5.26. The van der Waals surface area contributed by atoms with Gasteiger partial charge in [-0.05, 0) is 24.1 Å². The van der Waals surface area contributed by atoms with Gasteiger partial charge in [0.1, 0.15) is 5.75 Å².